The van der Waals surface area contributed by atoms with Crippen LogP contribution in [0.15, 0.2) is 0 Å². The van der Waals surface area contributed by atoms with E-state index < -0.39 is 0 Å². The molecule has 0 N–H and O–H groups in total. The normalized spacial score (nSPS) is 43.8. The molecule has 2 rings (SSSR count). The van der Waals surface area contributed by atoms with Crippen molar-refractivity contribution < 1.29 is 0 Å². The summed E-state index contributed by atoms with van der Waals surface area (Å²) in [5.74, 6) is 2.23. The van der Waals surface area contributed by atoms with Gasteiger partial charge in [-0.3, -0.25) is 0 Å². The Morgan fingerprint density at radius 1 is 1.10 bits per heavy atom. The van der Waals surface area contributed by atoms with E-state index in [1.54, 1.807) is 0 Å². The van der Waals surface area contributed by atoms with Crippen LogP contribution in [-0.2, 0) is 0 Å². The van der Waals surface area contributed by atoms with Crippen molar-refractivity contribution in [2.24, 2.45) is 17.3 Å². The molecule has 0 heterocycles. The van der Waals surface area contributed by atoms with E-state index in [9.17, 15) is 0 Å². The molecule has 2 saturated carbocycles. The summed E-state index contributed by atoms with van der Waals surface area (Å²) in [5, 5.41) is 0. The lowest BCUT2D eigenvalue weighted by Crippen LogP contribution is -2.45. The maximum Gasteiger partial charge on any atom is -0.0321 e. The largest absolute Gasteiger partial charge is 0.0596 e. The van der Waals surface area contributed by atoms with Crippen LogP contribution >= 0.6 is 0 Å². The zero-order valence-corrected chi connectivity index (χ0v) is 7.19. The van der Waals surface area contributed by atoms with Crippen molar-refractivity contribution in [3.8, 4) is 0 Å². The van der Waals surface area contributed by atoms with Gasteiger partial charge in [0.25, 0.3) is 0 Å². The van der Waals surface area contributed by atoms with Gasteiger partial charge in [-0.1, -0.05) is 33.1 Å². The Hall–Kier alpha value is 0. The Morgan fingerprint density at radius 3 is 2.30 bits per heavy atom. The monoisotopic (exact) mass is 138 g/mol. The van der Waals surface area contributed by atoms with Crippen molar-refractivity contribution in [2.45, 2.75) is 46.0 Å². The summed E-state index contributed by atoms with van der Waals surface area (Å²) in [6.07, 6.45) is 7.59. The summed E-state index contributed by atoms with van der Waals surface area (Å²) in [6.45, 7) is 4.89. The van der Waals surface area contributed by atoms with E-state index in [1.807, 2.05) is 0 Å². The molecule has 0 aromatic heterocycles. The Morgan fingerprint density at radius 2 is 1.80 bits per heavy atom. The summed E-state index contributed by atoms with van der Waals surface area (Å²) in [4.78, 5) is 0. The zero-order chi connectivity index (χ0) is 7.19. The van der Waals surface area contributed by atoms with Crippen molar-refractivity contribution in [1.29, 1.82) is 0 Å². The van der Waals surface area contributed by atoms with Crippen molar-refractivity contribution in [3.63, 3.8) is 0 Å². The van der Waals surface area contributed by atoms with E-state index in [2.05, 4.69) is 13.8 Å². The molecule has 2 atom stereocenters. The van der Waals surface area contributed by atoms with Gasteiger partial charge >= 0.3 is 0 Å². The van der Waals surface area contributed by atoms with Crippen LogP contribution in [0.5, 0.6) is 0 Å². The van der Waals surface area contributed by atoms with E-state index in [0.29, 0.717) is 5.41 Å². The molecule has 0 amide bonds. The molecule has 10 heavy (non-hydrogen) atoms. The molecule has 0 saturated heterocycles. The van der Waals surface area contributed by atoms with Crippen molar-refractivity contribution in [1.82, 2.24) is 0 Å². The predicted octanol–water partition coefficient (Wildman–Crippen LogP) is 3.22. The maximum atomic E-state index is 2.44. The third kappa shape index (κ3) is 0.810. The topological polar surface area (TPSA) is 0 Å². The van der Waals surface area contributed by atoms with Gasteiger partial charge in [-0.05, 0) is 30.1 Å². The predicted molar refractivity (Wildman–Crippen MR) is 43.8 cm³/mol. The molecule has 0 nitrogen and oxygen atoms in total. The standard InChI is InChI=1S/C10H18/c1-10(2)7-8-5-3-4-6-9(8)10/h8-9H,3-7H2,1-2H3. The second-order valence-electron chi connectivity index (χ2n) is 4.84. The van der Waals surface area contributed by atoms with E-state index in [0.717, 1.165) is 11.8 Å². The highest BCUT2D eigenvalue weighted by molar-refractivity contribution is 4.97. The Labute approximate surface area is 64.0 Å². The Bertz CT molecular complexity index is 135. The highest BCUT2D eigenvalue weighted by atomic mass is 14.5. The van der Waals surface area contributed by atoms with Crippen LogP contribution in [0, 0.1) is 17.3 Å². The number of rotatable bonds is 0. The Kier molecular flexibility index (Phi) is 1.33. The quantitative estimate of drug-likeness (QED) is 0.482. The van der Waals surface area contributed by atoms with Crippen LogP contribution < -0.4 is 0 Å². The first-order valence-corrected chi connectivity index (χ1v) is 4.70. The molecule has 0 bridgehead atoms. The van der Waals surface area contributed by atoms with Gasteiger partial charge in [-0.15, -0.1) is 0 Å². The van der Waals surface area contributed by atoms with Crippen molar-refractivity contribution in [2.75, 3.05) is 0 Å². The summed E-state index contributed by atoms with van der Waals surface area (Å²) in [6, 6.07) is 0. The molecule has 58 valence electrons. The average Bonchev–Trinajstić information content (AvgIpc) is 1.86. The first kappa shape index (κ1) is 6.69. The van der Waals surface area contributed by atoms with E-state index >= 15 is 0 Å². The van der Waals surface area contributed by atoms with Crippen LogP contribution in [0.3, 0.4) is 0 Å². The minimum atomic E-state index is 0.713. The summed E-state index contributed by atoms with van der Waals surface area (Å²) in [5.41, 5.74) is 0.713. The van der Waals surface area contributed by atoms with Gasteiger partial charge in [0.05, 0.1) is 0 Å². The van der Waals surface area contributed by atoms with Crippen LogP contribution in [-0.4, -0.2) is 0 Å². The fourth-order valence-corrected chi connectivity index (χ4v) is 3.15. The van der Waals surface area contributed by atoms with Gasteiger partial charge in [0.15, 0.2) is 0 Å². The average molecular weight is 138 g/mol. The highest BCUT2D eigenvalue weighted by Gasteiger charge is 2.47. The van der Waals surface area contributed by atoms with Gasteiger partial charge in [0, 0.05) is 0 Å². The summed E-state index contributed by atoms with van der Waals surface area (Å²) in [7, 11) is 0. The number of hydrogen-bond acceptors (Lipinski definition) is 0. The van der Waals surface area contributed by atoms with Gasteiger partial charge in [0.2, 0.25) is 0 Å². The van der Waals surface area contributed by atoms with Gasteiger partial charge < -0.3 is 0 Å². The van der Waals surface area contributed by atoms with Gasteiger partial charge in [-0.2, -0.15) is 0 Å². The van der Waals surface area contributed by atoms with Crippen molar-refractivity contribution >= 4 is 0 Å². The molecule has 0 radical (unpaired) electrons. The van der Waals surface area contributed by atoms with Crippen LogP contribution in [0.4, 0.5) is 0 Å². The van der Waals surface area contributed by atoms with Crippen molar-refractivity contribution in [3.05, 3.63) is 0 Å². The lowest BCUT2D eigenvalue weighted by atomic mass is 9.51. The van der Waals surface area contributed by atoms with E-state index in [-0.39, 0.29) is 0 Å². The maximum absolute atomic E-state index is 2.44. The molecule has 0 aliphatic heterocycles. The SMILES string of the molecule is CC1(C)CC2CCCCC21. The lowest BCUT2D eigenvalue weighted by Gasteiger charge is -2.54. The minimum Gasteiger partial charge on any atom is -0.0596 e. The fraction of sp³-hybridized carbons (Fsp3) is 1.00. The second-order valence-corrected chi connectivity index (χ2v) is 4.84. The first-order chi connectivity index (χ1) is 4.70. The highest BCUT2D eigenvalue weighted by Crippen LogP contribution is 2.56. The zero-order valence-electron chi connectivity index (χ0n) is 7.19. The molecule has 0 spiro atoms. The molecule has 2 aliphatic rings. The third-order valence-corrected chi connectivity index (χ3v) is 3.70. The Balaban J connectivity index is 2.01. The summed E-state index contributed by atoms with van der Waals surface area (Å²) < 4.78 is 0. The fourth-order valence-electron chi connectivity index (χ4n) is 3.15. The van der Waals surface area contributed by atoms with Crippen LogP contribution in [0.25, 0.3) is 0 Å². The van der Waals surface area contributed by atoms with Crippen LogP contribution in [0.1, 0.15) is 46.0 Å². The van der Waals surface area contributed by atoms with Crippen LogP contribution in [0.2, 0.25) is 0 Å². The molecule has 0 aromatic carbocycles. The van der Waals surface area contributed by atoms with Gasteiger partial charge in [-0.25, -0.2) is 0 Å². The third-order valence-electron chi connectivity index (χ3n) is 3.70. The van der Waals surface area contributed by atoms with E-state index in [1.165, 1.54) is 32.1 Å². The lowest BCUT2D eigenvalue weighted by molar-refractivity contribution is -0.0416. The number of fused-ring (bicyclic) bond motifs is 1. The molecule has 2 unspecified atom stereocenters. The second kappa shape index (κ2) is 1.99. The first-order valence-electron chi connectivity index (χ1n) is 4.70. The molecule has 2 aliphatic carbocycles. The minimum absolute atomic E-state index is 0.713. The van der Waals surface area contributed by atoms with Gasteiger partial charge in [0.1, 0.15) is 0 Å². The molecular formula is C10H18. The van der Waals surface area contributed by atoms with E-state index in [4.69, 9.17) is 0 Å². The molecule has 0 heteroatoms. The number of hydrogen-bond donors (Lipinski definition) is 0. The summed E-state index contributed by atoms with van der Waals surface area (Å²) >= 11 is 0. The molecular weight excluding hydrogens is 120 g/mol. The molecule has 0 aromatic rings. The smallest absolute Gasteiger partial charge is 0.0321 e. The molecule has 2 fully saturated rings.